The summed E-state index contributed by atoms with van der Waals surface area (Å²) in [5, 5.41) is 13.3. The Morgan fingerprint density at radius 2 is 1.92 bits per heavy atom. The van der Waals surface area contributed by atoms with Crippen molar-refractivity contribution in [2.45, 2.75) is 13.2 Å². The number of hydrogen-bond donors (Lipinski definition) is 1. The molecule has 0 aliphatic rings. The van der Waals surface area contributed by atoms with Gasteiger partial charge in [-0.15, -0.1) is 0 Å². The van der Waals surface area contributed by atoms with E-state index in [2.05, 4.69) is 10.1 Å². The van der Waals surface area contributed by atoms with E-state index in [0.717, 1.165) is 16.8 Å². The molecule has 0 saturated carbocycles. The Morgan fingerprint density at radius 3 is 2.64 bits per heavy atom. The fourth-order valence-corrected chi connectivity index (χ4v) is 2.34. The first kappa shape index (κ1) is 16.4. The Labute approximate surface area is 145 Å². The van der Waals surface area contributed by atoms with Gasteiger partial charge in [-0.3, -0.25) is 0 Å². The normalized spacial score (nSPS) is 11.3. The number of aromatic carboxylic acids is 1. The number of nitrogens with zero attached hydrogens (tertiary/aromatic N) is 3. The Kier molecular flexibility index (Phi) is 5.21. The standard InChI is InChI=1S/C19H17N3O3/c23-19(24)17-8-4-5-15(11-17)13-25-21-18(12-22-10-9-20-14-22)16-6-2-1-3-7-16/h1-11,14H,12-13H2,(H,23,24). The molecule has 0 fully saturated rings. The van der Waals surface area contributed by atoms with Crippen molar-refractivity contribution in [2.75, 3.05) is 0 Å². The highest BCUT2D eigenvalue weighted by atomic mass is 16.6. The predicted molar refractivity (Wildman–Crippen MR) is 93.4 cm³/mol. The molecule has 0 aliphatic carbocycles. The van der Waals surface area contributed by atoms with Crippen LogP contribution in [0, 0.1) is 0 Å². The Hall–Kier alpha value is -3.41. The highest BCUT2D eigenvalue weighted by Crippen LogP contribution is 2.09. The van der Waals surface area contributed by atoms with Gasteiger partial charge in [-0.1, -0.05) is 47.6 Å². The monoisotopic (exact) mass is 335 g/mol. The Morgan fingerprint density at radius 1 is 1.12 bits per heavy atom. The molecule has 1 aromatic heterocycles. The zero-order valence-corrected chi connectivity index (χ0v) is 13.4. The predicted octanol–water partition coefficient (Wildman–Crippen LogP) is 3.20. The number of carbonyl (C=O) groups is 1. The number of rotatable bonds is 7. The van der Waals surface area contributed by atoms with E-state index in [4.69, 9.17) is 9.94 Å². The zero-order chi connectivity index (χ0) is 17.5. The van der Waals surface area contributed by atoms with Crippen molar-refractivity contribution in [2.24, 2.45) is 5.16 Å². The summed E-state index contributed by atoms with van der Waals surface area (Å²) in [5.41, 5.74) is 2.69. The van der Waals surface area contributed by atoms with Crippen LogP contribution in [0.4, 0.5) is 0 Å². The van der Waals surface area contributed by atoms with Crippen LogP contribution >= 0.6 is 0 Å². The van der Waals surface area contributed by atoms with E-state index in [-0.39, 0.29) is 12.2 Å². The van der Waals surface area contributed by atoms with Gasteiger partial charge in [0.05, 0.1) is 18.4 Å². The highest BCUT2D eigenvalue weighted by Gasteiger charge is 2.07. The third kappa shape index (κ3) is 4.54. The van der Waals surface area contributed by atoms with Crippen molar-refractivity contribution in [1.29, 1.82) is 0 Å². The lowest BCUT2D eigenvalue weighted by molar-refractivity contribution is 0.0696. The number of imidazole rings is 1. The minimum atomic E-state index is -0.963. The molecule has 126 valence electrons. The summed E-state index contributed by atoms with van der Waals surface area (Å²) in [7, 11) is 0. The molecule has 0 saturated heterocycles. The summed E-state index contributed by atoms with van der Waals surface area (Å²) < 4.78 is 1.90. The summed E-state index contributed by atoms with van der Waals surface area (Å²) in [6.45, 7) is 0.723. The molecule has 3 aromatic rings. The van der Waals surface area contributed by atoms with Gasteiger partial charge in [0.25, 0.3) is 0 Å². The fourth-order valence-electron chi connectivity index (χ4n) is 2.34. The summed E-state index contributed by atoms with van der Waals surface area (Å²) in [6.07, 6.45) is 5.28. The van der Waals surface area contributed by atoms with Gasteiger partial charge in [-0.2, -0.15) is 0 Å². The maximum absolute atomic E-state index is 11.0. The maximum Gasteiger partial charge on any atom is 0.335 e. The third-order valence-electron chi connectivity index (χ3n) is 3.58. The van der Waals surface area contributed by atoms with Crippen LogP contribution in [0.3, 0.4) is 0 Å². The fraction of sp³-hybridized carbons (Fsp3) is 0.105. The molecule has 0 radical (unpaired) electrons. The van der Waals surface area contributed by atoms with Crippen LogP contribution in [0.2, 0.25) is 0 Å². The van der Waals surface area contributed by atoms with Crippen LogP contribution in [0.1, 0.15) is 21.5 Å². The van der Waals surface area contributed by atoms with E-state index in [1.54, 1.807) is 36.8 Å². The molecule has 0 aliphatic heterocycles. The highest BCUT2D eigenvalue weighted by molar-refractivity contribution is 6.00. The van der Waals surface area contributed by atoms with Crippen LogP contribution in [-0.4, -0.2) is 26.3 Å². The number of benzene rings is 2. The van der Waals surface area contributed by atoms with Gasteiger partial charge < -0.3 is 14.5 Å². The smallest absolute Gasteiger partial charge is 0.335 e. The topological polar surface area (TPSA) is 76.7 Å². The number of carboxylic acids is 1. The van der Waals surface area contributed by atoms with Crippen molar-refractivity contribution in [3.05, 3.63) is 90.0 Å². The van der Waals surface area contributed by atoms with E-state index >= 15 is 0 Å². The SMILES string of the molecule is O=C(O)c1cccc(CON=C(Cn2ccnc2)c2ccccc2)c1. The average molecular weight is 335 g/mol. The van der Waals surface area contributed by atoms with Gasteiger partial charge in [0.2, 0.25) is 0 Å². The number of oxime groups is 1. The first-order valence-corrected chi connectivity index (χ1v) is 7.74. The van der Waals surface area contributed by atoms with Crippen molar-refractivity contribution in [3.63, 3.8) is 0 Å². The molecule has 2 aromatic carbocycles. The van der Waals surface area contributed by atoms with Crippen LogP contribution in [0.15, 0.2) is 78.5 Å². The lowest BCUT2D eigenvalue weighted by Crippen LogP contribution is -2.11. The van der Waals surface area contributed by atoms with E-state index in [0.29, 0.717) is 6.54 Å². The lowest BCUT2D eigenvalue weighted by atomic mass is 10.1. The molecule has 25 heavy (non-hydrogen) atoms. The molecule has 0 unspecified atom stereocenters. The molecule has 1 heterocycles. The second-order valence-electron chi connectivity index (χ2n) is 5.42. The quantitative estimate of drug-likeness (QED) is 0.531. The minimum Gasteiger partial charge on any atom is -0.478 e. The maximum atomic E-state index is 11.0. The van der Waals surface area contributed by atoms with Gasteiger partial charge in [-0.05, 0) is 17.7 Å². The molecule has 0 atom stereocenters. The van der Waals surface area contributed by atoms with Crippen LogP contribution < -0.4 is 0 Å². The zero-order valence-electron chi connectivity index (χ0n) is 13.4. The number of hydrogen-bond acceptors (Lipinski definition) is 4. The summed E-state index contributed by atoms with van der Waals surface area (Å²) in [5.74, 6) is -0.963. The largest absolute Gasteiger partial charge is 0.478 e. The Balaban J connectivity index is 1.74. The number of carboxylic acid groups (broad SMARTS) is 1. The summed E-state index contributed by atoms with van der Waals surface area (Å²) in [4.78, 5) is 20.5. The minimum absolute atomic E-state index is 0.196. The summed E-state index contributed by atoms with van der Waals surface area (Å²) in [6, 6.07) is 16.4. The van der Waals surface area contributed by atoms with E-state index in [1.807, 2.05) is 41.1 Å². The lowest BCUT2D eigenvalue weighted by Gasteiger charge is -2.08. The average Bonchev–Trinajstić information content (AvgIpc) is 3.15. The molecule has 1 N–H and O–H groups in total. The van der Waals surface area contributed by atoms with E-state index in [9.17, 15) is 4.79 Å². The molecule has 0 bridgehead atoms. The molecule has 6 nitrogen and oxygen atoms in total. The first-order chi connectivity index (χ1) is 12.2. The molecular formula is C19H17N3O3. The van der Waals surface area contributed by atoms with Crippen LogP contribution in [-0.2, 0) is 18.0 Å². The Bertz CT molecular complexity index is 859. The molecular weight excluding hydrogens is 318 g/mol. The van der Waals surface area contributed by atoms with Crippen molar-refractivity contribution >= 4 is 11.7 Å². The van der Waals surface area contributed by atoms with Gasteiger partial charge in [-0.25, -0.2) is 9.78 Å². The second kappa shape index (κ2) is 7.92. The number of aromatic nitrogens is 2. The van der Waals surface area contributed by atoms with Crippen molar-refractivity contribution in [1.82, 2.24) is 9.55 Å². The van der Waals surface area contributed by atoms with Crippen LogP contribution in [0.25, 0.3) is 0 Å². The molecule has 3 rings (SSSR count). The summed E-state index contributed by atoms with van der Waals surface area (Å²) >= 11 is 0. The van der Waals surface area contributed by atoms with Gasteiger partial charge in [0, 0.05) is 18.0 Å². The molecule has 6 heteroatoms. The third-order valence-corrected chi connectivity index (χ3v) is 3.58. The van der Waals surface area contributed by atoms with Gasteiger partial charge >= 0.3 is 5.97 Å². The van der Waals surface area contributed by atoms with E-state index < -0.39 is 5.97 Å². The second-order valence-corrected chi connectivity index (χ2v) is 5.42. The van der Waals surface area contributed by atoms with E-state index in [1.165, 1.54) is 0 Å². The van der Waals surface area contributed by atoms with Crippen molar-refractivity contribution < 1.29 is 14.7 Å². The first-order valence-electron chi connectivity index (χ1n) is 7.74. The van der Waals surface area contributed by atoms with Gasteiger partial charge in [0.1, 0.15) is 12.3 Å². The van der Waals surface area contributed by atoms with Crippen molar-refractivity contribution in [3.8, 4) is 0 Å². The molecule has 0 amide bonds. The van der Waals surface area contributed by atoms with Gasteiger partial charge in [0.15, 0.2) is 0 Å². The van der Waals surface area contributed by atoms with Crippen LogP contribution in [0.5, 0.6) is 0 Å². The molecule has 0 spiro atoms.